The molecule has 0 spiro atoms. The smallest absolute Gasteiger partial charge is 0.124 e. The van der Waals surface area contributed by atoms with Crippen molar-refractivity contribution in [1.29, 1.82) is 0 Å². The molecule has 2 aromatic heterocycles. The van der Waals surface area contributed by atoms with Crippen LogP contribution in [0, 0.1) is 0 Å². The number of aromatic nitrogens is 2. The van der Waals surface area contributed by atoms with E-state index in [4.69, 9.17) is 9.97 Å². The van der Waals surface area contributed by atoms with Gasteiger partial charge in [-0.2, -0.15) is 0 Å². The molecule has 1 aliphatic carbocycles. The summed E-state index contributed by atoms with van der Waals surface area (Å²) in [7, 11) is 0. The van der Waals surface area contributed by atoms with Gasteiger partial charge in [-0.25, -0.2) is 9.97 Å². The van der Waals surface area contributed by atoms with E-state index in [9.17, 15) is 0 Å². The van der Waals surface area contributed by atoms with E-state index in [1.165, 1.54) is 53.9 Å². The first-order valence-electron chi connectivity index (χ1n) is 19.4. The molecule has 0 amide bonds. The third-order valence-electron chi connectivity index (χ3n) is 11.5. The molecule has 10 aromatic rings. The van der Waals surface area contributed by atoms with E-state index >= 15 is 0 Å². The third kappa shape index (κ3) is 5.92. The summed E-state index contributed by atoms with van der Waals surface area (Å²) >= 11 is 3.48. The van der Waals surface area contributed by atoms with Crippen molar-refractivity contribution in [1.82, 2.24) is 9.97 Å². The van der Waals surface area contributed by atoms with Crippen LogP contribution in [0.3, 0.4) is 0 Å². The lowest BCUT2D eigenvalue weighted by Gasteiger charge is -2.22. The van der Waals surface area contributed by atoms with Gasteiger partial charge in [-0.05, 0) is 121 Å². The molecule has 0 saturated carbocycles. The summed E-state index contributed by atoms with van der Waals surface area (Å²) in [5.41, 5.74) is 19.2. The van der Waals surface area contributed by atoms with Crippen molar-refractivity contribution in [2.75, 3.05) is 0 Å². The predicted molar refractivity (Wildman–Crippen MR) is 243 cm³/mol. The Morgan fingerprint density at radius 3 is 1.33 bits per heavy atom. The molecule has 2 nitrogen and oxygen atoms in total. The average molecular weight is 765 g/mol. The summed E-state index contributed by atoms with van der Waals surface area (Å²) in [5.74, 6) is 0. The van der Waals surface area contributed by atoms with Crippen LogP contribution in [-0.2, 0) is 5.41 Å². The summed E-state index contributed by atoms with van der Waals surface area (Å²) in [4.78, 5) is 10.2. The summed E-state index contributed by atoms with van der Waals surface area (Å²) in [6.45, 7) is 4.70. The minimum absolute atomic E-state index is 0.0523. The molecule has 0 fully saturated rings. The molecule has 0 aliphatic heterocycles. The number of hydrogen-bond donors (Lipinski definition) is 0. The van der Waals surface area contributed by atoms with Crippen LogP contribution < -0.4 is 0 Å². The SMILES string of the molecule is CC1(C)c2ccccc2-c2ccc(-c3cccc(-c4cc(-c5ccc6sc(-c7ccccc7)nc6c5)cc(-c5ccc6sc(-c7ccccc7)nc6c5)c4)c3)cc21. The average Bonchev–Trinajstić information content (AvgIpc) is 3.96. The van der Waals surface area contributed by atoms with Crippen molar-refractivity contribution >= 4 is 43.1 Å². The molecule has 0 atom stereocenters. The van der Waals surface area contributed by atoms with E-state index in [1.54, 1.807) is 22.7 Å². The topological polar surface area (TPSA) is 25.8 Å². The van der Waals surface area contributed by atoms with Gasteiger partial charge in [0, 0.05) is 16.5 Å². The molecule has 0 N–H and O–H groups in total. The number of thiazole rings is 2. The highest BCUT2D eigenvalue weighted by atomic mass is 32.1. The van der Waals surface area contributed by atoms with Crippen molar-refractivity contribution in [3.63, 3.8) is 0 Å². The Kier molecular flexibility index (Phi) is 7.92. The van der Waals surface area contributed by atoms with Gasteiger partial charge in [-0.3, -0.25) is 0 Å². The van der Waals surface area contributed by atoms with E-state index in [0.717, 1.165) is 54.4 Å². The van der Waals surface area contributed by atoms with Crippen LogP contribution in [0.4, 0.5) is 0 Å². The molecule has 0 radical (unpaired) electrons. The highest BCUT2D eigenvalue weighted by molar-refractivity contribution is 7.22. The number of benzene rings is 8. The van der Waals surface area contributed by atoms with Gasteiger partial charge in [0.05, 0.1) is 20.4 Å². The molecule has 0 saturated heterocycles. The normalized spacial score (nSPS) is 12.9. The zero-order chi connectivity index (χ0) is 38.1. The van der Waals surface area contributed by atoms with E-state index in [0.29, 0.717) is 0 Å². The summed E-state index contributed by atoms with van der Waals surface area (Å²) < 4.78 is 2.37. The Balaban J connectivity index is 1.03. The Bertz CT molecular complexity index is 3020. The molecule has 270 valence electrons. The molecular weight excluding hydrogens is 729 g/mol. The molecule has 57 heavy (non-hydrogen) atoms. The standard InChI is InChI=1S/C53H36N2S2/c1-53(2)45-19-10-9-18-43(45)44-23-20-37(30-46(44)53)35-16-11-17-36(26-35)40-27-41(38-21-24-49-47(31-38)54-51(56-49)33-12-5-3-6-13-33)29-42(28-40)39-22-25-50-48(32-39)55-52(57-50)34-14-7-4-8-15-34/h3-32H,1-2H3. The minimum Gasteiger partial charge on any atom is -0.236 e. The number of nitrogens with zero attached hydrogens (tertiary/aromatic N) is 2. The fourth-order valence-corrected chi connectivity index (χ4v) is 10.4. The maximum Gasteiger partial charge on any atom is 0.124 e. The zero-order valence-corrected chi connectivity index (χ0v) is 33.2. The fourth-order valence-electron chi connectivity index (χ4n) is 8.51. The molecule has 11 rings (SSSR count). The molecule has 8 aromatic carbocycles. The lowest BCUT2D eigenvalue weighted by atomic mass is 9.81. The van der Waals surface area contributed by atoms with Gasteiger partial charge in [-0.15, -0.1) is 22.7 Å². The van der Waals surface area contributed by atoms with Gasteiger partial charge in [0.15, 0.2) is 0 Å². The van der Waals surface area contributed by atoms with Crippen molar-refractivity contribution < 1.29 is 0 Å². The summed E-state index contributed by atoms with van der Waals surface area (Å²) in [5, 5.41) is 2.08. The van der Waals surface area contributed by atoms with Crippen molar-refractivity contribution in [2.45, 2.75) is 19.3 Å². The van der Waals surface area contributed by atoms with Crippen LogP contribution in [0.25, 0.3) is 97.2 Å². The maximum atomic E-state index is 5.10. The van der Waals surface area contributed by atoms with Crippen LogP contribution in [-0.4, -0.2) is 9.97 Å². The van der Waals surface area contributed by atoms with E-state index in [2.05, 4.69) is 196 Å². The van der Waals surface area contributed by atoms with E-state index < -0.39 is 0 Å². The number of rotatable bonds is 6. The minimum atomic E-state index is -0.0523. The summed E-state index contributed by atoms with van der Waals surface area (Å²) in [6.07, 6.45) is 0. The van der Waals surface area contributed by atoms with Crippen LogP contribution in [0.5, 0.6) is 0 Å². The van der Waals surface area contributed by atoms with Crippen LogP contribution in [0.1, 0.15) is 25.0 Å². The quantitative estimate of drug-likeness (QED) is 0.168. The number of fused-ring (bicyclic) bond motifs is 5. The second-order valence-corrected chi connectivity index (χ2v) is 17.5. The Morgan fingerprint density at radius 1 is 0.333 bits per heavy atom. The van der Waals surface area contributed by atoms with Crippen molar-refractivity contribution in [3.8, 4) is 76.8 Å². The van der Waals surface area contributed by atoms with Crippen molar-refractivity contribution in [2.24, 2.45) is 0 Å². The van der Waals surface area contributed by atoms with Crippen molar-refractivity contribution in [3.05, 3.63) is 193 Å². The molecule has 2 heterocycles. The monoisotopic (exact) mass is 764 g/mol. The third-order valence-corrected chi connectivity index (χ3v) is 13.7. The molecular formula is C53H36N2S2. The van der Waals surface area contributed by atoms with Gasteiger partial charge in [0.1, 0.15) is 10.0 Å². The fraction of sp³-hybridized carbons (Fsp3) is 0.0566. The number of hydrogen-bond acceptors (Lipinski definition) is 4. The highest BCUT2D eigenvalue weighted by Gasteiger charge is 2.35. The second-order valence-electron chi connectivity index (χ2n) is 15.4. The van der Waals surface area contributed by atoms with Gasteiger partial charge in [0.2, 0.25) is 0 Å². The lowest BCUT2D eigenvalue weighted by Crippen LogP contribution is -2.14. The first-order chi connectivity index (χ1) is 27.9. The Morgan fingerprint density at radius 2 is 0.754 bits per heavy atom. The first kappa shape index (κ1) is 33.8. The van der Waals surface area contributed by atoms with Gasteiger partial charge in [0.25, 0.3) is 0 Å². The van der Waals surface area contributed by atoms with Crippen LogP contribution in [0.15, 0.2) is 182 Å². The van der Waals surface area contributed by atoms with E-state index in [1.807, 2.05) is 0 Å². The Hall–Kier alpha value is -6.46. The lowest BCUT2D eigenvalue weighted by molar-refractivity contribution is 0.660. The largest absolute Gasteiger partial charge is 0.236 e. The molecule has 1 aliphatic rings. The highest BCUT2D eigenvalue weighted by Crippen LogP contribution is 2.49. The Labute approximate surface area is 340 Å². The van der Waals surface area contributed by atoms with Crippen LogP contribution >= 0.6 is 22.7 Å². The first-order valence-corrected chi connectivity index (χ1v) is 21.0. The van der Waals surface area contributed by atoms with Gasteiger partial charge >= 0.3 is 0 Å². The second kappa shape index (κ2) is 13.3. The molecule has 4 heteroatoms. The zero-order valence-electron chi connectivity index (χ0n) is 31.5. The van der Waals surface area contributed by atoms with E-state index in [-0.39, 0.29) is 5.41 Å². The molecule has 0 unspecified atom stereocenters. The molecule has 0 bridgehead atoms. The predicted octanol–water partition coefficient (Wildman–Crippen LogP) is 15.2. The van der Waals surface area contributed by atoms with Gasteiger partial charge < -0.3 is 0 Å². The maximum absolute atomic E-state index is 5.10. The van der Waals surface area contributed by atoms with Crippen LogP contribution in [0.2, 0.25) is 0 Å². The summed E-state index contributed by atoms with van der Waals surface area (Å²) in [6, 6.07) is 66.3. The van der Waals surface area contributed by atoms with Gasteiger partial charge in [-0.1, -0.05) is 141 Å².